The highest BCUT2D eigenvalue weighted by atomic mass is 16.7. The summed E-state index contributed by atoms with van der Waals surface area (Å²) in [7, 11) is 1.66. The van der Waals surface area contributed by atoms with Gasteiger partial charge in [0.15, 0.2) is 12.1 Å². The van der Waals surface area contributed by atoms with Crippen molar-refractivity contribution in [3.05, 3.63) is 11.6 Å². The number of methoxy groups -OCH3 is 1. The second-order valence-electron chi connectivity index (χ2n) is 7.43. The van der Waals surface area contributed by atoms with Crippen LogP contribution in [0.2, 0.25) is 0 Å². The van der Waals surface area contributed by atoms with Crippen molar-refractivity contribution in [3.63, 3.8) is 0 Å². The Hall–Kier alpha value is -0.710. The van der Waals surface area contributed by atoms with E-state index in [4.69, 9.17) is 9.47 Å². The van der Waals surface area contributed by atoms with Crippen molar-refractivity contribution in [1.29, 1.82) is 0 Å². The molecule has 0 bridgehead atoms. The van der Waals surface area contributed by atoms with Crippen molar-refractivity contribution in [1.82, 2.24) is 4.90 Å². The van der Waals surface area contributed by atoms with Crippen molar-refractivity contribution in [3.8, 4) is 0 Å². The lowest BCUT2D eigenvalue weighted by Crippen LogP contribution is -2.46. The number of ether oxygens (including phenoxy) is 2. The Kier molecular flexibility index (Phi) is 5.89. The quantitative estimate of drug-likeness (QED) is 0.796. The highest BCUT2D eigenvalue weighted by Gasteiger charge is 2.38. The van der Waals surface area contributed by atoms with Gasteiger partial charge in [0.1, 0.15) is 6.10 Å². The molecule has 1 aliphatic carbocycles. The molecule has 2 fully saturated rings. The zero-order valence-corrected chi connectivity index (χ0v) is 14.6. The molecular formula is C19H31NO3. The molecule has 23 heavy (non-hydrogen) atoms. The molecule has 2 aliphatic heterocycles. The number of carbonyl (C=O) groups excluding carboxylic acids is 1. The van der Waals surface area contributed by atoms with Crippen LogP contribution in [0.15, 0.2) is 11.6 Å². The van der Waals surface area contributed by atoms with Gasteiger partial charge in [-0.2, -0.15) is 0 Å². The van der Waals surface area contributed by atoms with Crippen molar-refractivity contribution < 1.29 is 14.3 Å². The van der Waals surface area contributed by atoms with Gasteiger partial charge in [0.2, 0.25) is 0 Å². The third kappa shape index (κ3) is 4.04. The van der Waals surface area contributed by atoms with Gasteiger partial charge in [0.25, 0.3) is 0 Å². The molecule has 0 N–H and O–H groups in total. The third-order valence-corrected chi connectivity index (χ3v) is 5.82. The van der Waals surface area contributed by atoms with Gasteiger partial charge in [-0.1, -0.05) is 25.7 Å². The van der Waals surface area contributed by atoms with E-state index in [-0.39, 0.29) is 18.2 Å². The normalized spacial score (nSPS) is 34.4. The van der Waals surface area contributed by atoms with Gasteiger partial charge in [-0.15, -0.1) is 0 Å². The molecule has 0 spiro atoms. The second-order valence-corrected chi connectivity index (χ2v) is 7.43. The summed E-state index contributed by atoms with van der Waals surface area (Å²) in [6.45, 7) is 4.13. The van der Waals surface area contributed by atoms with Gasteiger partial charge >= 0.3 is 0 Å². The van der Waals surface area contributed by atoms with E-state index in [2.05, 4.69) is 11.8 Å². The van der Waals surface area contributed by atoms with Crippen molar-refractivity contribution in [2.24, 2.45) is 5.92 Å². The zero-order valence-electron chi connectivity index (χ0n) is 14.6. The molecule has 130 valence electrons. The lowest BCUT2D eigenvalue weighted by atomic mass is 9.81. The lowest BCUT2D eigenvalue weighted by Gasteiger charge is -2.38. The van der Waals surface area contributed by atoms with Crippen LogP contribution in [-0.2, 0) is 14.3 Å². The Bertz CT molecular complexity index is 442. The zero-order chi connectivity index (χ0) is 16.2. The molecule has 0 aromatic carbocycles. The fourth-order valence-corrected chi connectivity index (χ4v) is 4.30. The monoisotopic (exact) mass is 321 g/mol. The number of piperidine rings is 1. The van der Waals surface area contributed by atoms with E-state index in [0.29, 0.717) is 12.0 Å². The molecule has 0 radical (unpaired) electrons. The molecule has 0 amide bonds. The fourth-order valence-electron chi connectivity index (χ4n) is 4.30. The number of likely N-dealkylation sites (tertiary alicyclic amines) is 1. The van der Waals surface area contributed by atoms with Gasteiger partial charge in [0.05, 0.1) is 0 Å². The van der Waals surface area contributed by atoms with E-state index in [0.717, 1.165) is 31.5 Å². The summed E-state index contributed by atoms with van der Waals surface area (Å²) >= 11 is 0. The fraction of sp³-hybridized carbons (Fsp3) is 0.842. The molecule has 3 aliphatic rings. The van der Waals surface area contributed by atoms with E-state index in [9.17, 15) is 4.79 Å². The van der Waals surface area contributed by atoms with Gasteiger partial charge in [-0.25, -0.2) is 0 Å². The summed E-state index contributed by atoms with van der Waals surface area (Å²) in [5, 5.41) is 0. The first-order chi connectivity index (χ1) is 11.2. The van der Waals surface area contributed by atoms with Crippen LogP contribution in [0.25, 0.3) is 0 Å². The number of nitrogens with zero attached hydrogens (tertiary/aromatic N) is 1. The number of hydrogen-bond donors (Lipinski definition) is 0. The number of hydrogen-bond acceptors (Lipinski definition) is 4. The summed E-state index contributed by atoms with van der Waals surface area (Å²) in [6, 6.07) is 0.564. The van der Waals surface area contributed by atoms with Crippen molar-refractivity contribution in [2.45, 2.75) is 76.7 Å². The van der Waals surface area contributed by atoms with E-state index < -0.39 is 0 Å². The van der Waals surface area contributed by atoms with Crippen molar-refractivity contribution >= 4 is 5.78 Å². The summed E-state index contributed by atoms with van der Waals surface area (Å²) < 4.78 is 11.4. The summed E-state index contributed by atoms with van der Waals surface area (Å²) in [4.78, 5) is 15.4. The average Bonchev–Trinajstić information content (AvgIpc) is 2.59. The van der Waals surface area contributed by atoms with E-state index in [1.807, 2.05) is 6.08 Å². The number of rotatable bonds is 4. The highest BCUT2D eigenvalue weighted by Crippen LogP contribution is 2.33. The van der Waals surface area contributed by atoms with Crippen LogP contribution in [0, 0.1) is 5.92 Å². The first-order valence-electron chi connectivity index (χ1n) is 9.36. The Balaban J connectivity index is 1.71. The van der Waals surface area contributed by atoms with Crippen molar-refractivity contribution in [2.75, 3.05) is 20.2 Å². The molecule has 3 atom stereocenters. The second kappa shape index (κ2) is 7.91. The molecule has 3 unspecified atom stereocenters. The molecule has 3 rings (SSSR count). The Labute approximate surface area is 140 Å². The lowest BCUT2D eigenvalue weighted by molar-refractivity contribution is -0.167. The first-order valence-corrected chi connectivity index (χ1v) is 9.36. The molecule has 2 heterocycles. The average molecular weight is 321 g/mol. The molecule has 1 saturated carbocycles. The highest BCUT2D eigenvalue weighted by molar-refractivity contribution is 6.00. The minimum atomic E-state index is -0.366. The number of carbonyl (C=O) groups is 1. The number of Topliss-reactive ketones (excluding diaryl/α,β-unsaturated/α-hetero) is 1. The topological polar surface area (TPSA) is 38.8 Å². The number of ketones is 1. The van der Waals surface area contributed by atoms with Gasteiger partial charge < -0.3 is 9.47 Å². The van der Waals surface area contributed by atoms with Crippen LogP contribution >= 0.6 is 0 Å². The smallest absolute Gasteiger partial charge is 0.189 e. The van der Waals surface area contributed by atoms with E-state index in [1.165, 1.54) is 38.5 Å². The maximum atomic E-state index is 13.0. The van der Waals surface area contributed by atoms with Gasteiger partial charge in [-0.05, 0) is 51.1 Å². The first kappa shape index (κ1) is 17.1. The standard InChI is InChI=1S/C19H31NO3/c1-14-8-6-7-11-20(14)13-16-12-17(22-2)23-19(18(16)21)15-9-4-3-5-10-15/h12,14-15,17,19H,3-11,13H2,1-2H3. The van der Waals surface area contributed by atoms with Gasteiger partial charge in [0, 0.05) is 25.3 Å². The van der Waals surface area contributed by atoms with Crippen LogP contribution in [0.1, 0.15) is 58.3 Å². The molecule has 4 nitrogen and oxygen atoms in total. The molecule has 4 heteroatoms. The molecule has 1 saturated heterocycles. The van der Waals surface area contributed by atoms with E-state index in [1.54, 1.807) is 7.11 Å². The van der Waals surface area contributed by atoms with Crippen LogP contribution in [0.5, 0.6) is 0 Å². The van der Waals surface area contributed by atoms with E-state index >= 15 is 0 Å². The minimum Gasteiger partial charge on any atom is -0.352 e. The SMILES string of the molecule is COC1C=C(CN2CCCCC2C)C(=O)C(C2CCCCC2)O1. The molecular weight excluding hydrogens is 290 g/mol. The minimum absolute atomic E-state index is 0.211. The summed E-state index contributed by atoms with van der Waals surface area (Å²) in [5.74, 6) is 0.583. The summed E-state index contributed by atoms with van der Waals surface area (Å²) in [5.41, 5.74) is 0.910. The maximum Gasteiger partial charge on any atom is 0.189 e. The predicted molar refractivity (Wildman–Crippen MR) is 90.2 cm³/mol. The van der Waals surface area contributed by atoms with Crippen LogP contribution in [-0.4, -0.2) is 49.3 Å². The maximum absolute atomic E-state index is 13.0. The summed E-state index contributed by atoms with van der Waals surface area (Å²) in [6.07, 6.45) is 11.0. The Morgan fingerprint density at radius 3 is 2.61 bits per heavy atom. The predicted octanol–water partition coefficient (Wildman–Crippen LogP) is 3.31. The largest absolute Gasteiger partial charge is 0.352 e. The van der Waals surface area contributed by atoms with Crippen LogP contribution in [0.3, 0.4) is 0 Å². The Morgan fingerprint density at radius 1 is 1.17 bits per heavy atom. The third-order valence-electron chi connectivity index (χ3n) is 5.82. The van der Waals surface area contributed by atoms with Crippen LogP contribution < -0.4 is 0 Å². The Morgan fingerprint density at radius 2 is 1.91 bits per heavy atom. The van der Waals surface area contributed by atoms with Crippen LogP contribution in [0.4, 0.5) is 0 Å². The molecule has 0 aromatic rings. The van der Waals surface area contributed by atoms with Gasteiger partial charge in [-0.3, -0.25) is 9.69 Å². The molecule has 0 aromatic heterocycles.